The number of hydrogen-bond acceptors (Lipinski definition) is 3. The molecule has 0 fully saturated rings. The summed E-state index contributed by atoms with van der Waals surface area (Å²) in [7, 11) is 0. The molecule has 3 heteroatoms. The van der Waals surface area contributed by atoms with E-state index in [0.29, 0.717) is 6.04 Å². The van der Waals surface area contributed by atoms with Gasteiger partial charge in [0.1, 0.15) is 0 Å². The third-order valence-electron chi connectivity index (χ3n) is 2.57. The van der Waals surface area contributed by atoms with Gasteiger partial charge in [0, 0.05) is 24.1 Å². The average Bonchev–Trinajstić information content (AvgIpc) is 2.69. The smallest absolute Gasteiger partial charge is 0.0484 e. The molecule has 1 atom stereocenters. The monoisotopic (exact) mass is 241 g/mol. The molecule has 0 amide bonds. The van der Waals surface area contributed by atoms with E-state index in [9.17, 15) is 0 Å². The van der Waals surface area contributed by atoms with Crippen LogP contribution in [-0.2, 0) is 4.74 Å². The molecule has 16 heavy (non-hydrogen) atoms. The summed E-state index contributed by atoms with van der Waals surface area (Å²) in [5, 5.41) is 5.70. The van der Waals surface area contributed by atoms with Crippen LogP contribution >= 0.6 is 11.3 Å². The van der Waals surface area contributed by atoms with Crippen molar-refractivity contribution in [3.8, 4) is 0 Å². The van der Waals surface area contributed by atoms with E-state index in [0.717, 1.165) is 32.6 Å². The van der Waals surface area contributed by atoms with Crippen LogP contribution in [0.4, 0.5) is 0 Å². The van der Waals surface area contributed by atoms with E-state index in [1.807, 2.05) is 11.3 Å². The maximum absolute atomic E-state index is 5.56. The summed E-state index contributed by atoms with van der Waals surface area (Å²) < 4.78 is 5.56. The summed E-state index contributed by atoms with van der Waals surface area (Å²) in [6.07, 6.45) is 2.17. The minimum Gasteiger partial charge on any atom is -0.381 e. The molecule has 1 aromatic heterocycles. The Kier molecular flexibility index (Phi) is 6.69. The third-order valence-corrected chi connectivity index (χ3v) is 3.70. The number of thiophene rings is 1. The third kappa shape index (κ3) is 4.24. The maximum Gasteiger partial charge on any atom is 0.0484 e. The topological polar surface area (TPSA) is 21.3 Å². The molecular weight excluding hydrogens is 218 g/mol. The van der Waals surface area contributed by atoms with Crippen LogP contribution in [-0.4, -0.2) is 19.8 Å². The average molecular weight is 241 g/mol. The first-order valence-electron chi connectivity index (χ1n) is 6.14. The van der Waals surface area contributed by atoms with Crippen molar-refractivity contribution in [3.63, 3.8) is 0 Å². The quantitative estimate of drug-likeness (QED) is 0.703. The van der Waals surface area contributed by atoms with E-state index in [-0.39, 0.29) is 0 Å². The predicted molar refractivity (Wildman–Crippen MR) is 71.2 cm³/mol. The largest absolute Gasteiger partial charge is 0.381 e. The molecule has 0 bridgehead atoms. The van der Waals surface area contributed by atoms with Crippen molar-refractivity contribution >= 4 is 11.3 Å². The van der Waals surface area contributed by atoms with E-state index in [2.05, 4.69) is 37.5 Å². The second-order valence-corrected chi connectivity index (χ2v) is 4.93. The highest BCUT2D eigenvalue weighted by Gasteiger charge is 2.13. The fraction of sp³-hybridized carbons (Fsp3) is 0.692. The van der Waals surface area contributed by atoms with E-state index < -0.39 is 0 Å². The highest BCUT2D eigenvalue weighted by atomic mass is 32.1. The zero-order valence-corrected chi connectivity index (χ0v) is 11.4. The molecule has 0 aliphatic carbocycles. The van der Waals surface area contributed by atoms with Crippen molar-refractivity contribution in [1.29, 1.82) is 0 Å². The van der Waals surface area contributed by atoms with Crippen LogP contribution in [0.2, 0.25) is 0 Å². The molecule has 0 aliphatic heterocycles. The van der Waals surface area contributed by atoms with Crippen molar-refractivity contribution in [2.24, 2.45) is 0 Å². The standard InChI is InChI=1S/C13H23NOS/c1-4-8-15-9-6-12(14-5-2)13-11(3)7-10-16-13/h7,10,12,14H,4-6,8-9H2,1-3H3. The predicted octanol–water partition coefficient (Wildman–Crippen LogP) is 3.52. The van der Waals surface area contributed by atoms with Crippen molar-refractivity contribution in [2.75, 3.05) is 19.8 Å². The van der Waals surface area contributed by atoms with Crippen LogP contribution in [0.3, 0.4) is 0 Å². The fourth-order valence-electron chi connectivity index (χ4n) is 1.76. The fourth-order valence-corrected chi connectivity index (χ4v) is 2.80. The van der Waals surface area contributed by atoms with Crippen LogP contribution in [0.5, 0.6) is 0 Å². The Morgan fingerprint density at radius 1 is 1.38 bits per heavy atom. The van der Waals surface area contributed by atoms with E-state index in [4.69, 9.17) is 4.74 Å². The van der Waals surface area contributed by atoms with Crippen LogP contribution in [0, 0.1) is 6.92 Å². The summed E-state index contributed by atoms with van der Waals surface area (Å²) in [5.74, 6) is 0. The van der Waals surface area contributed by atoms with Crippen LogP contribution in [0.15, 0.2) is 11.4 Å². The lowest BCUT2D eigenvalue weighted by Gasteiger charge is -2.17. The molecule has 0 saturated carbocycles. The molecule has 1 rings (SSSR count). The summed E-state index contributed by atoms with van der Waals surface area (Å²) in [6.45, 7) is 9.22. The second-order valence-electron chi connectivity index (χ2n) is 3.98. The highest BCUT2D eigenvalue weighted by Crippen LogP contribution is 2.26. The van der Waals surface area contributed by atoms with Gasteiger partial charge in [-0.05, 0) is 43.3 Å². The summed E-state index contributed by atoms with van der Waals surface area (Å²) >= 11 is 1.84. The number of ether oxygens (including phenoxy) is 1. The van der Waals surface area contributed by atoms with Gasteiger partial charge in [0.2, 0.25) is 0 Å². The minimum atomic E-state index is 0.460. The van der Waals surface area contributed by atoms with E-state index >= 15 is 0 Å². The minimum absolute atomic E-state index is 0.460. The van der Waals surface area contributed by atoms with Gasteiger partial charge in [0.15, 0.2) is 0 Å². The van der Waals surface area contributed by atoms with Crippen LogP contribution in [0.1, 0.15) is 43.2 Å². The molecule has 0 saturated heterocycles. The van der Waals surface area contributed by atoms with Gasteiger partial charge < -0.3 is 10.1 Å². The van der Waals surface area contributed by atoms with Gasteiger partial charge in [0.05, 0.1) is 0 Å². The van der Waals surface area contributed by atoms with E-state index in [1.165, 1.54) is 10.4 Å². The van der Waals surface area contributed by atoms with Gasteiger partial charge in [-0.2, -0.15) is 0 Å². The normalized spacial score (nSPS) is 12.9. The SMILES string of the molecule is CCCOCCC(NCC)c1sccc1C. The van der Waals surface area contributed by atoms with Gasteiger partial charge in [-0.15, -0.1) is 11.3 Å². The zero-order chi connectivity index (χ0) is 11.8. The summed E-state index contributed by atoms with van der Waals surface area (Å²) in [5.41, 5.74) is 1.39. The Hall–Kier alpha value is -0.380. The van der Waals surface area contributed by atoms with Crippen molar-refractivity contribution in [2.45, 2.75) is 39.7 Å². The first kappa shape index (κ1) is 13.7. The Morgan fingerprint density at radius 3 is 2.75 bits per heavy atom. The number of nitrogens with one attached hydrogen (secondary N) is 1. The van der Waals surface area contributed by atoms with Crippen LogP contribution in [0.25, 0.3) is 0 Å². The highest BCUT2D eigenvalue weighted by molar-refractivity contribution is 7.10. The molecule has 92 valence electrons. The Morgan fingerprint density at radius 2 is 2.19 bits per heavy atom. The maximum atomic E-state index is 5.56. The van der Waals surface area contributed by atoms with Crippen molar-refractivity contribution in [1.82, 2.24) is 5.32 Å². The lowest BCUT2D eigenvalue weighted by Crippen LogP contribution is -2.22. The summed E-state index contributed by atoms with van der Waals surface area (Å²) in [4.78, 5) is 1.46. The number of rotatable bonds is 8. The molecule has 0 aliphatic rings. The molecule has 2 nitrogen and oxygen atoms in total. The van der Waals surface area contributed by atoms with Gasteiger partial charge in [-0.3, -0.25) is 0 Å². The molecule has 0 spiro atoms. The molecule has 0 radical (unpaired) electrons. The molecule has 1 N–H and O–H groups in total. The molecule has 1 unspecified atom stereocenters. The Labute approximate surface area is 103 Å². The van der Waals surface area contributed by atoms with E-state index in [1.54, 1.807) is 0 Å². The lowest BCUT2D eigenvalue weighted by atomic mass is 10.1. The van der Waals surface area contributed by atoms with Gasteiger partial charge in [-0.1, -0.05) is 13.8 Å². The molecule has 0 aromatic carbocycles. The zero-order valence-electron chi connectivity index (χ0n) is 10.6. The van der Waals surface area contributed by atoms with Crippen molar-refractivity contribution < 1.29 is 4.74 Å². The molecule has 1 heterocycles. The van der Waals surface area contributed by atoms with Gasteiger partial charge in [-0.25, -0.2) is 0 Å². The lowest BCUT2D eigenvalue weighted by molar-refractivity contribution is 0.125. The van der Waals surface area contributed by atoms with Crippen molar-refractivity contribution in [3.05, 3.63) is 21.9 Å². The van der Waals surface area contributed by atoms with Crippen LogP contribution < -0.4 is 5.32 Å². The Balaban J connectivity index is 2.45. The number of aryl methyl sites for hydroxylation is 1. The first-order chi connectivity index (χ1) is 7.79. The Bertz CT molecular complexity index is 285. The first-order valence-corrected chi connectivity index (χ1v) is 7.02. The van der Waals surface area contributed by atoms with Gasteiger partial charge in [0.25, 0.3) is 0 Å². The molecule has 1 aromatic rings. The molecular formula is C13H23NOS. The summed E-state index contributed by atoms with van der Waals surface area (Å²) in [6, 6.07) is 2.65. The second kappa shape index (κ2) is 7.82. The van der Waals surface area contributed by atoms with Gasteiger partial charge >= 0.3 is 0 Å². The number of hydrogen-bond donors (Lipinski definition) is 1.